The third-order valence-corrected chi connectivity index (χ3v) is 5.76. The van der Waals surface area contributed by atoms with Crippen LogP contribution in [0.25, 0.3) is 0 Å². The summed E-state index contributed by atoms with van der Waals surface area (Å²) in [6.45, 7) is 0. The van der Waals surface area contributed by atoms with Gasteiger partial charge in [-0.25, -0.2) is 12.8 Å². The molecule has 5 nitrogen and oxygen atoms in total. The predicted octanol–water partition coefficient (Wildman–Crippen LogP) is 3.90. The number of hydrogen-bond donors (Lipinski definition) is 1. The Kier molecular flexibility index (Phi) is 5.23. The number of para-hydroxylation sites is 1. The van der Waals surface area contributed by atoms with E-state index in [1.807, 2.05) is 0 Å². The molecule has 3 aromatic carbocycles. The Balaban J connectivity index is 1.86. The third-order valence-electron chi connectivity index (χ3n) is 3.98. The normalized spacial score (nSPS) is 11.0. The highest BCUT2D eigenvalue weighted by Crippen LogP contribution is 2.22. The lowest BCUT2D eigenvalue weighted by Gasteiger charge is -2.19. The van der Waals surface area contributed by atoms with Crippen molar-refractivity contribution in [2.75, 3.05) is 16.7 Å². The molecule has 27 heavy (non-hydrogen) atoms. The largest absolute Gasteiger partial charge is 0.322 e. The maximum absolute atomic E-state index is 13.0. The summed E-state index contributed by atoms with van der Waals surface area (Å²) in [5.41, 5.74) is 1.11. The van der Waals surface area contributed by atoms with Crippen molar-refractivity contribution in [3.8, 4) is 0 Å². The zero-order valence-corrected chi connectivity index (χ0v) is 15.3. The van der Waals surface area contributed by atoms with Crippen LogP contribution >= 0.6 is 0 Å². The van der Waals surface area contributed by atoms with Gasteiger partial charge in [0.05, 0.1) is 10.6 Å². The first kappa shape index (κ1) is 18.6. The third kappa shape index (κ3) is 4.15. The van der Waals surface area contributed by atoms with E-state index in [0.717, 1.165) is 4.31 Å². The van der Waals surface area contributed by atoms with Gasteiger partial charge in [-0.1, -0.05) is 24.3 Å². The van der Waals surface area contributed by atoms with Crippen LogP contribution in [0, 0.1) is 5.82 Å². The molecular weight excluding hydrogens is 367 g/mol. The molecule has 0 heterocycles. The molecule has 0 saturated carbocycles. The second kappa shape index (κ2) is 7.59. The fraction of sp³-hybridized carbons (Fsp3) is 0.0500. The molecule has 0 aliphatic heterocycles. The Morgan fingerprint density at radius 2 is 1.59 bits per heavy atom. The van der Waals surface area contributed by atoms with Gasteiger partial charge < -0.3 is 5.32 Å². The van der Waals surface area contributed by atoms with Gasteiger partial charge in [0.25, 0.3) is 15.9 Å². The monoisotopic (exact) mass is 384 g/mol. The number of benzene rings is 3. The number of sulfonamides is 1. The molecule has 0 spiro atoms. The molecule has 0 unspecified atom stereocenters. The van der Waals surface area contributed by atoms with Gasteiger partial charge in [0.15, 0.2) is 0 Å². The first-order chi connectivity index (χ1) is 12.9. The zero-order chi connectivity index (χ0) is 19.4. The number of carbonyl (C=O) groups is 1. The highest BCUT2D eigenvalue weighted by Gasteiger charge is 2.22. The van der Waals surface area contributed by atoms with Crippen molar-refractivity contribution < 1.29 is 17.6 Å². The van der Waals surface area contributed by atoms with Crippen LogP contribution in [-0.2, 0) is 10.0 Å². The maximum atomic E-state index is 13.0. The van der Waals surface area contributed by atoms with E-state index >= 15 is 0 Å². The molecule has 7 heteroatoms. The molecule has 0 aromatic heterocycles. The molecular formula is C20H17FN2O3S. The number of carbonyl (C=O) groups excluding carboxylic acids is 1. The first-order valence-electron chi connectivity index (χ1n) is 8.09. The van der Waals surface area contributed by atoms with Crippen molar-refractivity contribution in [1.82, 2.24) is 0 Å². The van der Waals surface area contributed by atoms with Crippen LogP contribution in [0.2, 0.25) is 0 Å². The van der Waals surface area contributed by atoms with Crippen molar-refractivity contribution in [2.45, 2.75) is 4.90 Å². The molecule has 3 rings (SSSR count). The van der Waals surface area contributed by atoms with E-state index in [4.69, 9.17) is 0 Å². The number of anilines is 2. The van der Waals surface area contributed by atoms with Crippen LogP contribution in [-0.4, -0.2) is 21.4 Å². The minimum absolute atomic E-state index is 0.000564. The molecule has 138 valence electrons. The Morgan fingerprint density at radius 3 is 2.26 bits per heavy atom. The smallest absolute Gasteiger partial charge is 0.264 e. The molecule has 0 fully saturated rings. The van der Waals surface area contributed by atoms with Crippen molar-refractivity contribution >= 4 is 27.3 Å². The van der Waals surface area contributed by atoms with Gasteiger partial charge in [-0.2, -0.15) is 0 Å². The molecule has 0 atom stereocenters. The predicted molar refractivity (Wildman–Crippen MR) is 103 cm³/mol. The molecule has 0 aliphatic carbocycles. The molecule has 3 aromatic rings. The minimum Gasteiger partial charge on any atom is -0.322 e. The highest BCUT2D eigenvalue weighted by molar-refractivity contribution is 7.92. The van der Waals surface area contributed by atoms with Crippen LogP contribution in [0.4, 0.5) is 15.8 Å². The summed E-state index contributed by atoms with van der Waals surface area (Å²) < 4.78 is 39.8. The lowest BCUT2D eigenvalue weighted by atomic mass is 10.2. The average Bonchev–Trinajstić information content (AvgIpc) is 2.70. The zero-order valence-electron chi connectivity index (χ0n) is 14.5. The molecule has 0 saturated heterocycles. The molecule has 1 amide bonds. The number of hydrogen-bond acceptors (Lipinski definition) is 3. The lowest BCUT2D eigenvalue weighted by molar-refractivity contribution is 0.102. The lowest BCUT2D eigenvalue weighted by Crippen LogP contribution is -2.26. The number of amides is 1. The first-order valence-corrected chi connectivity index (χ1v) is 9.53. The van der Waals surface area contributed by atoms with Crippen molar-refractivity contribution in [2.24, 2.45) is 0 Å². The SMILES string of the molecule is CN(c1ccccc1)S(=O)(=O)c1cccc(C(=O)Nc2ccc(F)cc2)c1. The van der Waals surface area contributed by atoms with E-state index in [0.29, 0.717) is 11.4 Å². The molecule has 1 N–H and O–H groups in total. The summed E-state index contributed by atoms with van der Waals surface area (Å²) in [4.78, 5) is 12.4. The van der Waals surface area contributed by atoms with Gasteiger partial charge in [-0.3, -0.25) is 9.10 Å². The Morgan fingerprint density at radius 1 is 0.926 bits per heavy atom. The average molecular weight is 384 g/mol. The van der Waals surface area contributed by atoms with E-state index in [1.54, 1.807) is 30.3 Å². The highest BCUT2D eigenvalue weighted by atomic mass is 32.2. The summed E-state index contributed by atoms with van der Waals surface area (Å²) in [6.07, 6.45) is 0. The molecule has 0 radical (unpaired) electrons. The molecule has 0 aliphatic rings. The van der Waals surface area contributed by atoms with Crippen LogP contribution in [0.1, 0.15) is 10.4 Å². The van der Waals surface area contributed by atoms with Gasteiger partial charge in [0, 0.05) is 18.3 Å². The van der Waals surface area contributed by atoms with E-state index in [9.17, 15) is 17.6 Å². The second-order valence-electron chi connectivity index (χ2n) is 5.80. The fourth-order valence-electron chi connectivity index (χ4n) is 2.47. The van der Waals surface area contributed by atoms with E-state index < -0.39 is 21.7 Å². The fourth-order valence-corrected chi connectivity index (χ4v) is 3.71. The summed E-state index contributed by atoms with van der Waals surface area (Å²) in [7, 11) is -2.37. The van der Waals surface area contributed by atoms with Crippen LogP contribution < -0.4 is 9.62 Å². The van der Waals surface area contributed by atoms with Crippen LogP contribution in [0.5, 0.6) is 0 Å². The van der Waals surface area contributed by atoms with Crippen LogP contribution in [0.15, 0.2) is 83.8 Å². The van der Waals surface area contributed by atoms with Gasteiger partial charge >= 0.3 is 0 Å². The van der Waals surface area contributed by atoms with E-state index in [-0.39, 0.29) is 10.5 Å². The van der Waals surface area contributed by atoms with Crippen molar-refractivity contribution in [1.29, 1.82) is 0 Å². The Bertz CT molecular complexity index is 1050. The van der Waals surface area contributed by atoms with Gasteiger partial charge in [0.2, 0.25) is 0 Å². The summed E-state index contributed by atoms with van der Waals surface area (Å²) >= 11 is 0. The van der Waals surface area contributed by atoms with Crippen molar-refractivity contribution in [3.05, 3.63) is 90.2 Å². The quantitative estimate of drug-likeness (QED) is 0.725. The summed E-state index contributed by atoms with van der Waals surface area (Å²) in [5, 5.41) is 2.61. The Labute approximate surface area is 157 Å². The van der Waals surface area contributed by atoms with Crippen LogP contribution in [0.3, 0.4) is 0 Å². The van der Waals surface area contributed by atoms with Crippen molar-refractivity contribution in [3.63, 3.8) is 0 Å². The topological polar surface area (TPSA) is 66.5 Å². The van der Waals surface area contributed by atoms with E-state index in [1.165, 1.54) is 55.6 Å². The standard InChI is InChI=1S/C20H17FN2O3S/c1-23(18-7-3-2-4-8-18)27(25,26)19-9-5-6-15(14-19)20(24)22-17-12-10-16(21)11-13-17/h2-14H,1H3,(H,22,24). The molecule has 0 bridgehead atoms. The summed E-state index contributed by atoms with van der Waals surface area (Å²) in [5.74, 6) is -0.897. The number of nitrogens with zero attached hydrogens (tertiary/aromatic N) is 1. The Hall–Kier alpha value is -3.19. The van der Waals surface area contributed by atoms with E-state index in [2.05, 4.69) is 5.32 Å². The maximum Gasteiger partial charge on any atom is 0.264 e. The number of halogens is 1. The van der Waals surface area contributed by atoms with Gasteiger partial charge in [0.1, 0.15) is 5.82 Å². The number of rotatable bonds is 5. The number of nitrogens with one attached hydrogen (secondary N) is 1. The second-order valence-corrected chi connectivity index (χ2v) is 7.77. The van der Waals surface area contributed by atoms with Gasteiger partial charge in [-0.05, 0) is 54.6 Å². The summed E-state index contributed by atoms with van der Waals surface area (Å²) in [6, 6.07) is 19.7. The minimum atomic E-state index is -3.82. The van der Waals surface area contributed by atoms with Gasteiger partial charge in [-0.15, -0.1) is 0 Å².